The number of benzene rings is 3. The van der Waals surface area contributed by atoms with E-state index in [-0.39, 0.29) is 5.69 Å². The third-order valence-corrected chi connectivity index (χ3v) is 7.99. The molecule has 0 amide bonds. The fourth-order valence-corrected chi connectivity index (χ4v) is 5.95. The smallest absolute Gasteiger partial charge is 0.269 e. The van der Waals surface area contributed by atoms with Crippen LogP contribution in [0.2, 0.25) is 0 Å². The van der Waals surface area contributed by atoms with Crippen molar-refractivity contribution in [2.45, 2.75) is 45.9 Å². The SMILES string of the molecule is CC1=C(c2nc(CN(C)Cc3ccccc3)no2)C(c2cccc([N+](=O)[O-])c2)C(c2nc(CN(C)Cc3ccccc3)no2)=C(C)N1. The Morgan fingerprint density at radius 2 is 1.21 bits per heavy atom. The molecule has 2 aromatic heterocycles. The zero-order valence-corrected chi connectivity index (χ0v) is 26.8. The van der Waals surface area contributed by atoms with Gasteiger partial charge in [-0.25, -0.2) is 0 Å². The maximum Gasteiger partial charge on any atom is 0.269 e. The highest BCUT2D eigenvalue weighted by Crippen LogP contribution is 2.47. The summed E-state index contributed by atoms with van der Waals surface area (Å²) in [7, 11) is 3.99. The van der Waals surface area contributed by atoms with Gasteiger partial charge in [0.25, 0.3) is 17.5 Å². The number of nitrogens with zero attached hydrogens (tertiary/aromatic N) is 7. The minimum Gasteiger partial charge on any atom is -0.362 e. The maximum absolute atomic E-state index is 11.8. The standard InChI is InChI=1S/C35H36N8O4/c1-23-31(34-37-29(39-46-34)21-41(3)19-25-12-7-5-8-13-25)33(27-16-11-17-28(18-27)43(44)45)32(24(2)36-23)35-38-30(40-47-35)22-42(4)20-26-14-9-6-10-15-26/h5-18,33,36H,19-22H2,1-4H3. The van der Waals surface area contributed by atoms with Crippen molar-refractivity contribution in [3.8, 4) is 0 Å². The van der Waals surface area contributed by atoms with Crippen LogP contribution in [0.5, 0.6) is 0 Å². The number of dihydropyridines is 1. The van der Waals surface area contributed by atoms with Crippen molar-refractivity contribution in [2.75, 3.05) is 14.1 Å². The number of nitro groups is 1. The molecule has 0 spiro atoms. The molecule has 3 aromatic carbocycles. The maximum atomic E-state index is 11.8. The molecule has 0 atom stereocenters. The number of hydrogen-bond acceptors (Lipinski definition) is 11. The Kier molecular flexibility index (Phi) is 9.32. The molecule has 1 N–H and O–H groups in total. The van der Waals surface area contributed by atoms with Crippen molar-refractivity contribution in [2.24, 2.45) is 0 Å². The van der Waals surface area contributed by atoms with Crippen LogP contribution in [0.4, 0.5) is 5.69 Å². The van der Waals surface area contributed by atoms with E-state index in [2.05, 4.69) is 49.7 Å². The monoisotopic (exact) mass is 632 g/mol. The van der Waals surface area contributed by atoms with Gasteiger partial charge in [-0.1, -0.05) is 83.1 Å². The highest BCUT2D eigenvalue weighted by Gasteiger charge is 2.37. The zero-order valence-electron chi connectivity index (χ0n) is 26.8. The second-order valence-electron chi connectivity index (χ2n) is 11.8. The number of nitro benzene ring substituents is 1. The van der Waals surface area contributed by atoms with Crippen LogP contribution in [-0.2, 0) is 26.2 Å². The molecular formula is C35H36N8O4. The molecule has 1 aliphatic rings. The van der Waals surface area contributed by atoms with E-state index in [0.29, 0.717) is 53.2 Å². The predicted octanol–water partition coefficient (Wildman–Crippen LogP) is 6.17. The molecule has 1 aliphatic heterocycles. The Morgan fingerprint density at radius 3 is 1.68 bits per heavy atom. The Morgan fingerprint density at radius 1 is 0.723 bits per heavy atom. The summed E-state index contributed by atoms with van der Waals surface area (Å²) in [6.07, 6.45) is 0. The van der Waals surface area contributed by atoms with Crippen molar-refractivity contribution in [1.29, 1.82) is 0 Å². The van der Waals surface area contributed by atoms with Crippen molar-refractivity contribution in [3.05, 3.63) is 147 Å². The van der Waals surface area contributed by atoms with Gasteiger partial charge in [0, 0.05) is 53.7 Å². The first-order valence-corrected chi connectivity index (χ1v) is 15.3. The van der Waals surface area contributed by atoms with Crippen LogP contribution in [0, 0.1) is 10.1 Å². The quantitative estimate of drug-likeness (QED) is 0.125. The van der Waals surface area contributed by atoms with E-state index in [1.165, 1.54) is 17.2 Å². The molecule has 3 heterocycles. The highest BCUT2D eigenvalue weighted by molar-refractivity contribution is 5.88. The third-order valence-electron chi connectivity index (χ3n) is 7.99. The van der Waals surface area contributed by atoms with E-state index in [4.69, 9.17) is 19.0 Å². The zero-order chi connectivity index (χ0) is 32.9. The summed E-state index contributed by atoms with van der Waals surface area (Å²) in [5.74, 6) is 1.09. The molecule has 0 saturated carbocycles. The second-order valence-corrected chi connectivity index (χ2v) is 11.8. The van der Waals surface area contributed by atoms with Crippen LogP contribution in [0.3, 0.4) is 0 Å². The number of nitrogens with one attached hydrogen (secondary N) is 1. The normalized spacial score (nSPS) is 13.9. The molecule has 12 nitrogen and oxygen atoms in total. The third kappa shape index (κ3) is 7.35. The van der Waals surface area contributed by atoms with Gasteiger partial charge >= 0.3 is 0 Å². The van der Waals surface area contributed by atoms with E-state index >= 15 is 0 Å². The summed E-state index contributed by atoms with van der Waals surface area (Å²) in [6, 6.07) is 26.9. The molecule has 0 unspecified atom stereocenters. The first-order chi connectivity index (χ1) is 22.7. The van der Waals surface area contributed by atoms with Gasteiger partial charge in [0.1, 0.15) is 0 Å². The molecule has 0 aliphatic carbocycles. The van der Waals surface area contributed by atoms with Crippen LogP contribution in [0.15, 0.2) is 105 Å². The van der Waals surface area contributed by atoms with Crippen LogP contribution >= 0.6 is 0 Å². The topological polar surface area (TPSA) is 139 Å². The first kappa shape index (κ1) is 31.5. The van der Waals surface area contributed by atoms with Gasteiger partial charge in [-0.3, -0.25) is 19.9 Å². The molecule has 0 saturated heterocycles. The van der Waals surface area contributed by atoms with E-state index < -0.39 is 10.8 Å². The molecule has 47 heavy (non-hydrogen) atoms. The summed E-state index contributed by atoms with van der Waals surface area (Å²) < 4.78 is 11.7. The first-order valence-electron chi connectivity index (χ1n) is 15.3. The lowest BCUT2D eigenvalue weighted by atomic mass is 9.80. The van der Waals surface area contributed by atoms with Gasteiger partial charge in [0.05, 0.1) is 18.0 Å². The van der Waals surface area contributed by atoms with Gasteiger partial charge in [0.2, 0.25) is 0 Å². The number of non-ortho nitro benzene ring substituents is 1. The summed E-state index contributed by atoms with van der Waals surface area (Å²) in [6.45, 7) is 6.20. The summed E-state index contributed by atoms with van der Waals surface area (Å²) in [5.41, 5.74) is 5.89. The van der Waals surface area contributed by atoms with Crippen LogP contribution in [0.1, 0.15) is 59.9 Å². The van der Waals surface area contributed by atoms with Gasteiger partial charge < -0.3 is 14.4 Å². The molecule has 6 rings (SSSR count). The Hall–Kier alpha value is -5.46. The molecular weight excluding hydrogens is 596 g/mol. The van der Waals surface area contributed by atoms with E-state index in [1.807, 2.05) is 70.4 Å². The minimum absolute atomic E-state index is 0.0300. The van der Waals surface area contributed by atoms with Gasteiger partial charge in [0.15, 0.2) is 11.6 Å². The molecule has 240 valence electrons. The Balaban J connectivity index is 1.32. The lowest BCUT2D eigenvalue weighted by molar-refractivity contribution is -0.384. The predicted molar refractivity (Wildman–Crippen MR) is 176 cm³/mol. The molecule has 5 aromatic rings. The highest BCUT2D eigenvalue weighted by atomic mass is 16.6. The average Bonchev–Trinajstić information content (AvgIpc) is 3.71. The van der Waals surface area contributed by atoms with Gasteiger partial charge in [-0.05, 0) is 44.6 Å². The summed E-state index contributed by atoms with van der Waals surface area (Å²) in [5, 5.41) is 23.8. The minimum atomic E-state index is -0.568. The molecule has 12 heteroatoms. The molecule has 0 bridgehead atoms. The number of rotatable bonds is 12. The second kappa shape index (κ2) is 13.9. The van der Waals surface area contributed by atoms with E-state index in [0.717, 1.165) is 24.5 Å². The fourth-order valence-electron chi connectivity index (χ4n) is 5.95. The van der Waals surface area contributed by atoms with E-state index in [9.17, 15) is 10.1 Å². The van der Waals surface area contributed by atoms with E-state index in [1.54, 1.807) is 12.1 Å². The number of allylic oxidation sites excluding steroid dienone is 4. The molecule has 0 fully saturated rings. The van der Waals surface area contributed by atoms with Crippen LogP contribution in [0.25, 0.3) is 11.1 Å². The number of hydrogen-bond donors (Lipinski definition) is 1. The lowest BCUT2D eigenvalue weighted by Crippen LogP contribution is -2.24. The summed E-state index contributed by atoms with van der Waals surface area (Å²) in [4.78, 5) is 25.2. The Bertz CT molecular complexity index is 1810. The van der Waals surface area contributed by atoms with Gasteiger partial charge in [-0.15, -0.1) is 0 Å². The van der Waals surface area contributed by atoms with Crippen molar-refractivity contribution >= 4 is 16.8 Å². The largest absolute Gasteiger partial charge is 0.362 e. The summed E-state index contributed by atoms with van der Waals surface area (Å²) >= 11 is 0. The molecule has 0 radical (unpaired) electrons. The van der Waals surface area contributed by atoms with Crippen molar-refractivity contribution in [3.63, 3.8) is 0 Å². The van der Waals surface area contributed by atoms with Crippen molar-refractivity contribution < 1.29 is 14.0 Å². The van der Waals surface area contributed by atoms with Crippen molar-refractivity contribution in [1.82, 2.24) is 35.4 Å². The fraction of sp³-hybridized carbons (Fsp3) is 0.257. The van der Waals surface area contributed by atoms with Gasteiger partial charge in [-0.2, -0.15) is 9.97 Å². The lowest BCUT2D eigenvalue weighted by Gasteiger charge is -2.29. The number of aromatic nitrogens is 4. The van der Waals surface area contributed by atoms with Crippen LogP contribution < -0.4 is 5.32 Å². The Labute approximate surface area is 272 Å². The van der Waals surface area contributed by atoms with Crippen LogP contribution in [-0.4, -0.2) is 49.1 Å². The average molecular weight is 633 g/mol.